The number of aliphatic hydroxyl groups is 1. The predicted molar refractivity (Wildman–Crippen MR) is 48.8 cm³/mol. The summed E-state index contributed by atoms with van der Waals surface area (Å²) in [6.45, 7) is 2.17. The van der Waals surface area contributed by atoms with Gasteiger partial charge in [0.1, 0.15) is 0 Å². The summed E-state index contributed by atoms with van der Waals surface area (Å²) < 4.78 is 0. The SMILES string of the molecule is CC1SCCC1(O)CC1CC1. The van der Waals surface area contributed by atoms with Crippen molar-refractivity contribution in [2.24, 2.45) is 5.92 Å². The molecule has 64 valence electrons. The van der Waals surface area contributed by atoms with Crippen LogP contribution in [0.1, 0.15) is 32.6 Å². The van der Waals surface area contributed by atoms with Crippen molar-refractivity contribution in [1.29, 1.82) is 0 Å². The molecule has 1 saturated carbocycles. The lowest BCUT2D eigenvalue weighted by atomic mass is 9.91. The molecule has 2 aliphatic rings. The van der Waals surface area contributed by atoms with Crippen molar-refractivity contribution in [3.05, 3.63) is 0 Å². The van der Waals surface area contributed by atoms with Gasteiger partial charge in [0.15, 0.2) is 0 Å². The molecular weight excluding hydrogens is 156 g/mol. The third-order valence-corrected chi connectivity index (χ3v) is 4.38. The molecule has 2 unspecified atom stereocenters. The van der Waals surface area contributed by atoms with Crippen LogP contribution in [-0.2, 0) is 0 Å². The molecule has 0 bridgehead atoms. The van der Waals surface area contributed by atoms with Gasteiger partial charge in [-0.1, -0.05) is 19.8 Å². The maximum atomic E-state index is 10.1. The van der Waals surface area contributed by atoms with Crippen LogP contribution in [0.15, 0.2) is 0 Å². The third-order valence-electron chi connectivity index (χ3n) is 3.00. The molecule has 1 heterocycles. The second-order valence-corrected chi connectivity index (χ2v) is 5.46. The second kappa shape index (κ2) is 2.67. The smallest absolute Gasteiger partial charge is 0.0773 e. The van der Waals surface area contributed by atoms with E-state index in [0.29, 0.717) is 5.25 Å². The van der Waals surface area contributed by atoms with E-state index >= 15 is 0 Å². The average molecular weight is 172 g/mol. The molecule has 2 atom stereocenters. The molecule has 0 aromatic heterocycles. The van der Waals surface area contributed by atoms with Crippen molar-refractivity contribution in [3.8, 4) is 0 Å². The lowest BCUT2D eigenvalue weighted by Gasteiger charge is -2.26. The molecule has 1 nitrogen and oxygen atoms in total. The molecule has 11 heavy (non-hydrogen) atoms. The van der Waals surface area contributed by atoms with Crippen LogP contribution in [0.4, 0.5) is 0 Å². The Labute approximate surface area is 72.6 Å². The van der Waals surface area contributed by atoms with E-state index in [1.54, 1.807) is 0 Å². The van der Waals surface area contributed by atoms with Crippen LogP contribution in [0.3, 0.4) is 0 Å². The Bertz CT molecular complexity index is 156. The van der Waals surface area contributed by atoms with Crippen LogP contribution in [0.2, 0.25) is 0 Å². The highest BCUT2D eigenvalue weighted by molar-refractivity contribution is 8.00. The van der Waals surface area contributed by atoms with Crippen molar-refractivity contribution in [3.63, 3.8) is 0 Å². The van der Waals surface area contributed by atoms with Gasteiger partial charge in [0, 0.05) is 5.25 Å². The first-order valence-electron chi connectivity index (χ1n) is 4.55. The molecule has 0 aromatic carbocycles. The van der Waals surface area contributed by atoms with Gasteiger partial charge in [-0.2, -0.15) is 11.8 Å². The Morgan fingerprint density at radius 3 is 2.73 bits per heavy atom. The summed E-state index contributed by atoms with van der Waals surface area (Å²) in [5.41, 5.74) is -0.300. The quantitative estimate of drug-likeness (QED) is 0.688. The second-order valence-electron chi connectivity index (χ2n) is 4.01. The minimum absolute atomic E-state index is 0.300. The minimum atomic E-state index is -0.300. The van der Waals surface area contributed by atoms with Crippen molar-refractivity contribution in [1.82, 2.24) is 0 Å². The number of rotatable bonds is 2. The summed E-state index contributed by atoms with van der Waals surface area (Å²) in [7, 11) is 0. The van der Waals surface area contributed by atoms with Crippen molar-refractivity contribution in [2.45, 2.75) is 43.5 Å². The Morgan fingerprint density at radius 2 is 2.27 bits per heavy atom. The molecule has 1 saturated heterocycles. The summed E-state index contributed by atoms with van der Waals surface area (Å²) in [6, 6.07) is 0. The summed E-state index contributed by atoms with van der Waals surface area (Å²) in [4.78, 5) is 0. The van der Waals surface area contributed by atoms with Crippen LogP contribution in [0.25, 0.3) is 0 Å². The fourth-order valence-electron chi connectivity index (χ4n) is 1.86. The van der Waals surface area contributed by atoms with Gasteiger partial charge in [-0.3, -0.25) is 0 Å². The van der Waals surface area contributed by atoms with Gasteiger partial charge in [0.2, 0.25) is 0 Å². The highest BCUT2D eigenvalue weighted by atomic mass is 32.2. The minimum Gasteiger partial charge on any atom is -0.389 e. The van der Waals surface area contributed by atoms with Crippen molar-refractivity contribution >= 4 is 11.8 Å². The Morgan fingerprint density at radius 1 is 1.55 bits per heavy atom. The van der Waals surface area contributed by atoms with Crippen LogP contribution in [0.5, 0.6) is 0 Å². The number of thioether (sulfide) groups is 1. The van der Waals surface area contributed by atoms with Crippen LogP contribution in [-0.4, -0.2) is 21.7 Å². The van der Waals surface area contributed by atoms with E-state index in [0.717, 1.165) is 24.5 Å². The Kier molecular flexibility index (Phi) is 1.92. The van der Waals surface area contributed by atoms with E-state index in [1.165, 1.54) is 12.8 Å². The van der Waals surface area contributed by atoms with Gasteiger partial charge < -0.3 is 5.11 Å². The summed E-state index contributed by atoms with van der Waals surface area (Å²) >= 11 is 1.92. The molecule has 0 radical (unpaired) electrons. The summed E-state index contributed by atoms with van der Waals surface area (Å²) in [6.07, 6.45) is 4.82. The van der Waals surface area contributed by atoms with Crippen LogP contribution >= 0.6 is 11.8 Å². The lowest BCUT2D eigenvalue weighted by Crippen LogP contribution is -2.34. The topological polar surface area (TPSA) is 20.2 Å². The number of hydrogen-bond acceptors (Lipinski definition) is 2. The van der Waals surface area contributed by atoms with Gasteiger partial charge >= 0.3 is 0 Å². The monoisotopic (exact) mass is 172 g/mol. The molecule has 1 aliphatic heterocycles. The normalized spacial score (nSPS) is 44.7. The Hall–Kier alpha value is 0.310. The van der Waals surface area contributed by atoms with E-state index in [4.69, 9.17) is 0 Å². The zero-order valence-corrected chi connectivity index (χ0v) is 7.86. The van der Waals surface area contributed by atoms with Gasteiger partial charge in [0.25, 0.3) is 0 Å². The molecule has 0 aromatic rings. The zero-order chi connectivity index (χ0) is 7.90. The highest BCUT2D eigenvalue weighted by Crippen LogP contribution is 2.45. The average Bonchev–Trinajstić information content (AvgIpc) is 2.66. The molecule has 0 spiro atoms. The molecular formula is C9H16OS. The molecule has 2 rings (SSSR count). The number of hydrogen-bond donors (Lipinski definition) is 1. The summed E-state index contributed by atoms with van der Waals surface area (Å²) in [5, 5.41) is 10.6. The van der Waals surface area contributed by atoms with Gasteiger partial charge in [-0.05, 0) is 24.5 Å². The Balaban J connectivity index is 1.94. The van der Waals surface area contributed by atoms with Crippen molar-refractivity contribution < 1.29 is 5.11 Å². The lowest BCUT2D eigenvalue weighted by molar-refractivity contribution is 0.0316. The summed E-state index contributed by atoms with van der Waals surface area (Å²) in [5.74, 6) is 2.02. The first-order valence-corrected chi connectivity index (χ1v) is 5.59. The van der Waals surface area contributed by atoms with Gasteiger partial charge in [-0.15, -0.1) is 0 Å². The van der Waals surface area contributed by atoms with E-state index in [1.807, 2.05) is 11.8 Å². The predicted octanol–water partition coefficient (Wildman–Crippen LogP) is 2.04. The molecule has 0 amide bonds. The maximum absolute atomic E-state index is 10.1. The van der Waals surface area contributed by atoms with E-state index in [-0.39, 0.29) is 5.60 Å². The first-order chi connectivity index (χ1) is 5.21. The first kappa shape index (κ1) is 7.93. The molecule has 1 aliphatic carbocycles. The fourth-order valence-corrected chi connectivity index (χ4v) is 3.21. The van der Waals surface area contributed by atoms with Gasteiger partial charge in [-0.25, -0.2) is 0 Å². The fraction of sp³-hybridized carbons (Fsp3) is 1.00. The van der Waals surface area contributed by atoms with E-state index in [9.17, 15) is 5.11 Å². The maximum Gasteiger partial charge on any atom is 0.0773 e. The van der Waals surface area contributed by atoms with E-state index < -0.39 is 0 Å². The molecule has 2 fully saturated rings. The van der Waals surface area contributed by atoms with E-state index in [2.05, 4.69) is 6.92 Å². The zero-order valence-electron chi connectivity index (χ0n) is 7.05. The standard InChI is InChI=1S/C9H16OS/c1-7-9(10,4-5-11-7)6-8-2-3-8/h7-8,10H,2-6H2,1H3. The van der Waals surface area contributed by atoms with Crippen LogP contribution in [0, 0.1) is 5.92 Å². The largest absolute Gasteiger partial charge is 0.389 e. The van der Waals surface area contributed by atoms with Crippen molar-refractivity contribution in [2.75, 3.05) is 5.75 Å². The molecule has 1 N–H and O–H groups in total. The van der Waals surface area contributed by atoms with Crippen LogP contribution < -0.4 is 0 Å². The molecule has 2 heteroatoms. The third kappa shape index (κ3) is 1.57. The highest BCUT2D eigenvalue weighted by Gasteiger charge is 2.42. The van der Waals surface area contributed by atoms with Gasteiger partial charge in [0.05, 0.1) is 5.60 Å².